The molecule has 0 radical (unpaired) electrons. The second kappa shape index (κ2) is 4.96. The lowest BCUT2D eigenvalue weighted by Gasteiger charge is -2.10. The Balaban J connectivity index is 2.67. The van der Waals surface area contributed by atoms with Gasteiger partial charge in [0.2, 0.25) is 0 Å². The average Bonchev–Trinajstić information content (AvgIpc) is 2.33. The summed E-state index contributed by atoms with van der Waals surface area (Å²) in [5.74, 6) is -0.0953. The van der Waals surface area contributed by atoms with Crippen molar-refractivity contribution in [2.45, 2.75) is 0 Å². The second-order valence-electron chi connectivity index (χ2n) is 3.67. The van der Waals surface area contributed by atoms with Crippen molar-refractivity contribution in [3.05, 3.63) is 45.5 Å². The Labute approximate surface area is 118 Å². The summed E-state index contributed by atoms with van der Waals surface area (Å²) in [5.41, 5.74) is 13.6. The van der Waals surface area contributed by atoms with E-state index in [1.807, 2.05) is 0 Å². The first-order valence-corrected chi connectivity index (χ1v) is 6.22. The molecule has 5 N–H and O–H groups in total. The van der Waals surface area contributed by atoms with Crippen LogP contribution in [0.1, 0.15) is 5.56 Å². The minimum atomic E-state index is -0.0953. The van der Waals surface area contributed by atoms with Crippen molar-refractivity contribution in [1.82, 2.24) is 4.98 Å². The molecule has 0 atom stereocenters. The third-order valence-corrected chi connectivity index (χ3v) is 3.41. The number of halogens is 2. The van der Waals surface area contributed by atoms with Gasteiger partial charge in [0.05, 0.1) is 16.4 Å². The molecule has 0 spiro atoms. The molecular formula is C12H10BrClN4. The molecule has 0 unspecified atom stereocenters. The van der Waals surface area contributed by atoms with Gasteiger partial charge in [-0.1, -0.05) is 11.6 Å². The van der Waals surface area contributed by atoms with Gasteiger partial charge in [-0.25, -0.2) is 0 Å². The fraction of sp³-hybridized carbons (Fsp3) is 0. The lowest BCUT2D eigenvalue weighted by Crippen LogP contribution is -2.14. The molecule has 92 valence electrons. The van der Waals surface area contributed by atoms with E-state index in [0.717, 1.165) is 5.56 Å². The van der Waals surface area contributed by atoms with E-state index in [1.165, 1.54) is 0 Å². The summed E-state index contributed by atoms with van der Waals surface area (Å²) in [7, 11) is 0. The molecule has 6 heteroatoms. The fourth-order valence-electron chi connectivity index (χ4n) is 1.58. The Kier molecular flexibility index (Phi) is 3.54. The highest BCUT2D eigenvalue weighted by atomic mass is 79.9. The van der Waals surface area contributed by atoms with E-state index in [9.17, 15) is 0 Å². The number of aromatic nitrogens is 1. The van der Waals surface area contributed by atoms with Crippen LogP contribution < -0.4 is 11.5 Å². The molecule has 18 heavy (non-hydrogen) atoms. The summed E-state index contributed by atoms with van der Waals surface area (Å²) in [4.78, 5) is 4.21. The third-order valence-electron chi connectivity index (χ3n) is 2.45. The first kappa shape index (κ1) is 12.9. The van der Waals surface area contributed by atoms with Gasteiger partial charge < -0.3 is 11.5 Å². The zero-order chi connectivity index (χ0) is 13.3. The maximum Gasteiger partial charge on any atom is 0.124 e. The van der Waals surface area contributed by atoms with Crippen LogP contribution in [0, 0.1) is 5.41 Å². The van der Waals surface area contributed by atoms with Crippen molar-refractivity contribution in [3.8, 4) is 11.3 Å². The minimum Gasteiger partial charge on any atom is -0.397 e. The Morgan fingerprint density at radius 2 is 2.11 bits per heavy atom. The molecule has 0 aliphatic heterocycles. The summed E-state index contributed by atoms with van der Waals surface area (Å²) in [6.45, 7) is 0. The van der Waals surface area contributed by atoms with Crippen molar-refractivity contribution in [2.24, 2.45) is 5.73 Å². The predicted octanol–water partition coefficient (Wildman–Crippen LogP) is 3.03. The molecule has 4 nitrogen and oxygen atoms in total. The van der Waals surface area contributed by atoms with E-state index in [-0.39, 0.29) is 5.84 Å². The van der Waals surface area contributed by atoms with Crippen LogP contribution in [0.25, 0.3) is 11.3 Å². The van der Waals surface area contributed by atoms with E-state index in [0.29, 0.717) is 26.4 Å². The van der Waals surface area contributed by atoms with Gasteiger partial charge in [-0.3, -0.25) is 10.4 Å². The molecule has 0 aliphatic carbocycles. The highest BCUT2D eigenvalue weighted by molar-refractivity contribution is 9.10. The van der Waals surface area contributed by atoms with Crippen molar-refractivity contribution in [3.63, 3.8) is 0 Å². The first-order valence-electron chi connectivity index (χ1n) is 5.05. The Morgan fingerprint density at radius 3 is 2.72 bits per heavy atom. The van der Waals surface area contributed by atoms with Crippen LogP contribution in [-0.2, 0) is 0 Å². The monoisotopic (exact) mass is 324 g/mol. The Hall–Kier alpha value is -1.59. The molecule has 0 bridgehead atoms. The molecule has 0 saturated carbocycles. The van der Waals surface area contributed by atoms with Gasteiger partial charge in [0.1, 0.15) is 5.84 Å². The summed E-state index contributed by atoms with van der Waals surface area (Å²) >= 11 is 9.43. The van der Waals surface area contributed by atoms with E-state index in [1.54, 1.807) is 30.5 Å². The highest BCUT2D eigenvalue weighted by Gasteiger charge is 2.12. The van der Waals surface area contributed by atoms with Gasteiger partial charge in [-0.15, -0.1) is 0 Å². The first-order chi connectivity index (χ1) is 8.50. The van der Waals surface area contributed by atoms with Crippen molar-refractivity contribution < 1.29 is 0 Å². The van der Waals surface area contributed by atoms with Crippen LogP contribution in [-0.4, -0.2) is 10.8 Å². The number of amidine groups is 1. The molecule has 2 rings (SSSR count). The number of pyridine rings is 1. The van der Waals surface area contributed by atoms with E-state index < -0.39 is 0 Å². The van der Waals surface area contributed by atoms with Crippen LogP contribution in [0.15, 0.2) is 34.9 Å². The maximum absolute atomic E-state index is 7.51. The minimum absolute atomic E-state index is 0.0953. The van der Waals surface area contributed by atoms with Gasteiger partial charge in [0.15, 0.2) is 0 Å². The Morgan fingerprint density at radius 1 is 1.39 bits per heavy atom. The second-order valence-corrected chi connectivity index (χ2v) is 4.93. The molecule has 0 amide bonds. The lowest BCUT2D eigenvalue weighted by molar-refractivity contribution is 1.32. The van der Waals surface area contributed by atoms with E-state index in [4.69, 9.17) is 28.5 Å². The summed E-state index contributed by atoms with van der Waals surface area (Å²) in [6, 6.07) is 7.01. The number of nitrogens with one attached hydrogen (secondary N) is 1. The maximum atomic E-state index is 7.51. The lowest BCUT2D eigenvalue weighted by atomic mass is 10.0. The number of nitrogen functional groups attached to an aromatic ring is 2. The summed E-state index contributed by atoms with van der Waals surface area (Å²) < 4.78 is 0.659. The number of nitrogens with zero attached hydrogens (tertiary/aromatic N) is 1. The van der Waals surface area contributed by atoms with Gasteiger partial charge in [0.25, 0.3) is 0 Å². The van der Waals surface area contributed by atoms with Gasteiger partial charge in [-0.05, 0) is 40.2 Å². The van der Waals surface area contributed by atoms with Crippen molar-refractivity contribution in [2.75, 3.05) is 5.73 Å². The van der Waals surface area contributed by atoms with Crippen molar-refractivity contribution >= 4 is 39.1 Å². The number of nitrogens with two attached hydrogens (primary N) is 2. The van der Waals surface area contributed by atoms with Gasteiger partial charge in [0, 0.05) is 21.8 Å². The number of rotatable bonds is 2. The molecule has 1 heterocycles. The van der Waals surface area contributed by atoms with E-state index >= 15 is 0 Å². The van der Waals surface area contributed by atoms with Gasteiger partial charge in [-0.2, -0.15) is 0 Å². The molecular weight excluding hydrogens is 316 g/mol. The fourth-order valence-corrected chi connectivity index (χ4v) is 2.27. The smallest absolute Gasteiger partial charge is 0.124 e. The average molecular weight is 326 g/mol. The van der Waals surface area contributed by atoms with Crippen LogP contribution in [0.3, 0.4) is 0 Å². The number of benzene rings is 1. The molecule has 2 aromatic rings. The predicted molar refractivity (Wildman–Crippen MR) is 77.8 cm³/mol. The normalized spacial score (nSPS) is 10.3. The van der Waals surface area contributed by atoms with Gasteiger partial charge >= 0.3 is 0 Å². The molecule has 1 aromatic carbocycles. The largest absolute Gasteiger partial charge is 0.397 e. The highest BCUT2D eigenvalue weighted by Crippen LogP contribution is 2.32. The number of hydrogen-bond acceptors (Lipinski definition) is 3. The standard InChI is InChI=1S/C12H10BrClN4/c13-8-5-6(4-7(10(8)15)12(16)17)11-9(14)2-1-3-18-11/h1-5H,15H2,(H3,16,17). The quantitative estimate of drug-likeness (QED) is 0.450. The van der Waals surface area contributed by atoms with E-state index in [2.05, 4.69) is 20.9 Å². The van der Waals surface area contributed by atoms with Crippen LogP contribution in [0.5, 0.6) is 0 Å². The van der Waals surface area contributed by atoms with Crippen LogP contribution in [0.2, 0.25) is 5.02 Å². The topological polar surface area (TPSA) is 88.8 Å². The van der Waals surface area contributed by atoms with Crippen LogP contribution in [0.4, 0.5) is 5.69 Å². The molecule has 0 fully saturated rings. The van der Waals surface area contributed by atoms with Crippen molar-refractivity contribution in [1.29, 1.82) is 5.41 Å². The zero-order valence-corrected chi connectivity index (χ0v) is 11.6. The van der Waals surface area contributed by atoms with Crippen LogP contribution >= 0.6 is 27.5 Å². The Bertz CT molecular complexity index is 627. The summed E-state index contributed by atoms with van der Waals surface area (Å²) in [6.07, 6.45) is 1.65. The number of anilines is 1. The number of hydrogen-bond donors (Lipinski definition) is 3. The molecule has 1 aromatic heterocycles. The summed E-state index contributed by atoms with van der Waals surface area (Å²) in [5, 5.41) is 8.04. The molecule has 0 aliphatic rings. The molecule has 0 saturated heterocycles. The zero-order valence-electron chi connectivity index (χ0n) is 9.24. The third kappa shape index (κ3) is 2.32. The SMILES string of the molecule is N=C(N)c1cc(-c2ncccc2Cl)cc(Br)c1N.